The van der Waals surface area contributed by atoms with Crippen LogP contribution in [0.15, 0.2) is 12.2 Å². The molecular formula is C38H72O12S. The van der Waals surface area contributed by atoms with Gasteiger partial charge in [-0.3, -0.25) is 9.35 Å². The van der Waals surface area contributed by atoms with Gasteiger partial charge < -0.3 is 34.3 Å². The first-order valence-corrected chi connectivity index (χ1v) is 21.3. The minimum atomic E-state index is -5.05. The number of unbranched alkanes of at least 4 members (excludes halogenated alkanes) is 19. The van der Waals surface area contributed by atoms with Crippen molar-refractivity contribution in [2.75, 3.05) is 26.4 Å². The molecule has 0 spiro atoms. The van der Waals surface area contributed by atoms with Crippen LogP contribution in [0.4, 0.5) is 0 Å². The first kappa shape index (κ1) is 47.9. The second-order valence-corrected chi connectivity index (χ2v) is 14.9. The van der Waals surface area contributed by atoms with Gasteiger partial charge in [-0.2, -0.15) is 8.42 Å². The van der Waals surface area contributed by atoms with Crippen LogP contribution in [0, 0.1) is 0 Å². The number of carbonyl (C=O) groups is 1. The predicted octanol–water partition coefficient (Wildman–Crippen LogP) is 7.13. The highest BCUT2D eigenvalue weighted by molar-refractivity contribution is 7.80. The number of hydrogen-bond acceptors (Lipinski definition) is 11. The summed E-state index contributed by atoms with van der Waals surface area (Å²) in [6.07, 6.45) is 21.3. The van der Waals surface area contributed by atoms with Crippen molar-refractivity contribution in [3.8, 4) is 0 Å². The predicted molar refractivity (Wildman–Crippen MR) is 198 cm³/mol. The summed E-state index contributed by atoms with van der Waals surface area (Å²) in [4.78, 5) is 12.7. The summed E-state index contributed by atoms with van der Waals surface area (Å²) in [5.41, 5.74) is 0. The normalized spacial score (nSPS) is 21.7. The van der Waals surface area contributed by atoms with Gasteiger partial charge in [0.15, 0.2) is 6.29 Å². The largest absolute Gasteiger partial charge is 0.457 e. The molecule has 1 fully saturated rings. The maximum atomic E-state index is 12.7. The van der Waals surface area contributed by atoms with Crippen LogP contribution >= 0.6 is 0 Å². The Morgan fingerprint density at radius 3 is 1.76 bits per heavy atom. The Morgan fingerprint density at radius 2 is 1.24 bits per heavy atom. The molecule has 0 saturated carbocycles. The summed E-state index contributed by atoms with van der Waals surface area (Å²) in [7, 11) is -5.05. The fourth-order valence-corrected chi connectivity index (χ4v) is 6.59. The number of esters is 1. The van der Waals surface area contributed by atoms with E-state index in [0.29, 0.717) is 13.0 Å². The maximum absolute atomic E-state index is 12.7. The lowest BCUT2D eigenvalue weighted by Gasteiger charge is -2.41. The second-order valence-electron chi connectivity index (χ2n) is 13.9. The summed E-state index contributed by atoms with van der Waals surface area (Å²) < 4.78 is 58.6. The Kier molecular flexibility index (Phi) is 29.3. The second kappa shape index (κ2) is 31.2. The van der Waals surface area contributed by atoms with Crippen LogP contribution in [0.1, 0.15) is 162 Å². The minimum Gasteiger partial charge on any atom is -0.457 e. The molecule has 51 heavy (non-hydrogen) atoms. The number of aliphatic hydroxyl groups is 3. The molecule has 0 aromatic heterocycles. The molecule has 6 unspecified atom stereocenters. The molecule has 1 aliphatic rings. The van der Waals surface area contributed by atoms with Gasteiger partial charge in [-0.05, 0) is 38.5 Å². The Morgan fingerprint density at radius 1 is 0.725 bits per heavy atom. The van der Waals surface area contributed by atoms with Crippen LogP contribution in [0.5, 0.6) is 0 Å². The third-order valence-corrected chi connectivity index (χ3v) is 9.60. The quantitative estimate of drug-likeness (QED) is 0.0227. The molecule has 302 valence electrons. The van der Waals surface area contributed by atoms with Gasteiger partial charge >= 0.3 is 16.4 Å². The zero-order valence-electron chi connectivity index (χ0n) is 31.7. The van der Waals surface area contributed by atoms with Crippen molar-refractivity contribution in [1.82, 2.24) is 0 Å². The molecule has 0 aromatic rings. The van der Waals surface area contributed by atoms with Gasteiger partial charge in [-0.15, -0.1) is 0 Å². The summed E-state index contributed by atoms with van der Waals surface area (Å²) in [5.74, 6) is -0.405. The molecular weight excluding hydrogens is 680 g/mol. The Labute approximate surface area is 308 Å². The fourth-order valence-electron chi connectivity index (χ4n) is 6.08. The Bertz CT molecular complexity index is 963. The highest BCUT2D eigenvalue weighted by atomic mass is 32.3. The van der Waals surface area contributed by atoms with E-state index in [1.165, 1.54) is 89.9 Å². The van der Waals surface area contributed by atoms with Crippen LogP contribution < -0.4 is 0 Å². The summed E-state index contributed by atoms with van der Waals surface area (Å²) in [6.45, 7) is 3.93. The van der Waals surface area contributed by atoms with Gasteiger partial charge in [0.1, 0.15) is 30.5 Å². The van der Waals surface area contributed by atoms with Gasteiger partial charge in [0.25, 0.3) is 0 Å². The maximum Gasteiger partial charge on any atom is 0.397 e. The van der Waals surface area contributed by atoms with Crippen molar-refractivity contribution in [3.63, 3.8) is 0 Å². The molecule has 1 saturated heterocycles. The highest BCUT2D eigenvalue weighted by Gasteiger charge is 2.48. The van der Waals surface area contributed by atoms with Crippen molar-refractivity contribution < 1.29 is 56.2 Å². The Hall–Kier alpha value is -1.16. The van der Waals surface area contributed by atoms with E-state index in [9.17, 15) is 28.5 Å². The van der Waals surface area contributed by atoms with E-state index < -0.39 is 59.8 Å². The molecule has 4 N–H and O–H groups in total. The smallest absolute Gasteiger partial charge is 0.397 e. The molecule has 1 aliphatic heterocycles. The van der Waals surface area contributed by atoms with Crippen LogP contribution in [-0.4, -0.2) is 97.5 Å². The lowest BCUT2D eigenvalue weighted by Crippen LogP contribution is -2.60. The van der Waals surface area contributed by atoms with E-state index in [0.717, 1.165) is 44.9 Å². The number of carbonyl (C=O) groups excluding carboxylic acids is 1. The lowest BCUT2D eigenvalue weighted by molar-refractivity contribution is -0.301. The molecule has 0 radical (unpaired) electrons. The van der Waals surface area contributed by atoms with Crippen LogP contribution in [-0.2, 0) is 38.3 Å². The highest BCUT2D eigenvalue weighted by Crippen LogP contribution is 2.26. The summed E-state index contributed by atoms with van der Waals surface area (Å²) in [6, 6.07) is 0. The minimum absolute atomic E-state index is 0.0373. The van der Waals surface area contributed by atoms with Crippen LogP contribution in [0.2, 0.25) is 0 Å². The summed E-state index contributed by atoms with van der Waals surface area (Å²) in [5, 5.41) is 30.5. The lowest BCUT2D eigenvalue weighted by atomic mass is 9.99. The van der Waals surface area contributed by atoms with Crippen molar-refractivity contribution in [3.05, 3.63) is 12.2 Å². The van der Waals surface area contributed by atoms with Gasteiger partial charge in [0.2, 0.25) is 0 Å². The van der Waals surface area contributed by atoms with Gasteiger partial charge in [-0.1, -0.05) is 129 Å². The molecule has 13 heteroatoms. The fraction of sp³-hybridized carbons (Fsp3) is 0.921. The average molecular weight is 753 g/mol. The molecule has 0 bridgehead atoms. The van der Waals surface area contributed by atoms with E-state index in [1.54, 1.807) is 0 Å². The van der Waals surface area contributed by atoms with Crippen LogP contribution in [0.25, 0.3) is 0 Å². The van der Waals surface area contributed by atoms with E-state index in [-0.39, 0.29) is 19.6 Å². The Balaban J connectivity index is 2.43. The molecule has 0 aliphatic carbocycles. The first-order chi connectivity index (χ1) is 24.6. The van der Waals surface area contributed by atoms with Crippen LogP contribution in [0.3, 0.4) is 0 Å². The van der Waals surface area contributed by atoms with Crippen molar-refractivity contribution in [1.29, 1.82) is 0 Å². The summed E-state index contributed by atoms with van der Waals surface area (Å²) >= 11 is 0. The van der Waals surface area contributed by atoms with E-state index in [1.807, 2.05) is 0 Å². The monoisotopic (exact) mass is 752 g/mol. The molecule has 0 amide bonds. The van der Waals surface area contributed by atoms with E-state index in [4.69, 9.17) is 23.5 Å². The average Bonchev–Trinajstić information content (AvgIpc) is 3.09. The van der Waals surface area contributed by atoms with Crippen molar-refractivity contribution in [2.24, 2.45) is 0 Å². The van der Waals surface area contributed by atoms with Gasteiger partial charge in [-0.25, -0.2) is 4.18 Å². The molecule has 1 heterocycles. The van der Waals surface area contributed by atoms with Crippen molar-refractivity contribution >= 4 is 16.4 Å². The van der Waals surface area contributed by atoms with E-state index in [2.05, 4.69) is 30.2 Å². The SMILES string of the molecule is CCCCCCCC/C=C\CCCCCCCCCC(=O)OC(COCCCCCCCCC)COC1OC(CO)C(O)C(OS(=O)(=O)O)C1O. The van der Waals surface area contributed by atoms with Crippen molar-refractivity contribution in [2.45, 2.75) is 198 Å². The number of hydrogen-bond donors (Lipinski definition) is 4. The number of aliphatic hydroxyl groups excluding tert-OH is 3. The zero-order valence-corrected chi connectivity index (χ0v) is 32.5. The third-order valence-electron chi connectivity index (χ3n) is 9.14. The topological polar surface area (TPSA) is 178 Å². The molecule has 0 aromatic carbocycles. The number of rotatable bonds is 34. The molecule has 1 rings (SSSR count). The zero-order chi connectivity index (χ0) is 37.6. The molecule has 6 atom stereocenters. The van der Waals surface area contributed by atoms with E-state index >= 15 is 0 Å². The number of allylic oxidation sites excluding steroid dienone is 2. The third kappa shape index (κ3) is 25.5. The number of ether oxygens (including phenoxy) is 4. The first-order valence-electron chi connectivity index (χ1n) is 19.9. The van der Waals surface area contributed by atoms with Gasteiger partial charge in [0, 0.05) is 13.0 Å². The molecule has 12 nitrogen and oxygen atoms in total. The van der Waals surface area contributed by atoms with Gasteiger partial charge in [0.05, 0.1) is 19.8 Å². The standard InChI is InChI=1S/C38H72O12S/c1-3-5-7-9-11-12-13-14-15-16-17-18-19-20-21-23-25-27-34(40)48-32(30-46-28-26-24-22-10-8-6-4-2)31-47-38-36(42)37(50-51(43,44)45)35(41)33(29-39)49-38/h14-15,32-33,35-39,41-42H,3-13,16-31H2,1-2H3,(H,43,44,45)/b15-14-.